The molecule has 0 spiro atoms. The van der Waals surface area contributed by atoms with Gasteiger partial charge in [-0.1, -0.05) is 24.1 Å². The summed E-state index contributed by atoms with van der Waals surface area (Å²) in [6, 6.07) is 15.0. The summed E-state index contributed by atoms with van der Waals surface area (Å²) in [4.78, 5) is 5.60. The first-order chi connectivity index (χ1) is 13.7. The van der Waals surface area contributed by atoms with Crippen molar-refractivity contribution >= 4 is 26.6 Å². The Labute approximate surface area is 170 Å². The quantitative estimate of drug-likeness (QED) is 0.650. The summed E-state index contributed by atoms with van der Waals surface area (Å²) in [5, 5.41) is 11.5. The first kappa shape index (κ1) is 19.5. The lowest BCUT2D eigenvalue weighted by molar-refractivity contribution is 0.126. The third-order valence-electron chi connectivity index (χ3n) is 5.42. The lowest BCUT2D eigenvalue weighted by Gasteiger charge is -2.24. The average molecular weight is 410 g/mol. The number of hydrogen-bond donors (Lipinski definition) is 2. The zero-order valence-corrected chi connectivity index (χ0v) is 17.2. The molecule has 150 valence electrons. The van der Waals surface area contributed by atoms with E-state index in [1.54, 1.807) is 18.2 Å². The van der Waals surface area contributed by atoms with Crippen molar-refractivity contribution in [1.29, 1.82) is 0 Å². The fourth-order valence-corrected chi connectivity index (χ4v) is 4.64. The largest absolute Gasteiger partial charge is 0.376 e. The van der Waals surface area contributed by atoms with E-state index in [0.717, 1.165) is 27.8 Å². The predicted molar refractivity (Wildman–Crippen MR) is 115 cm³/mol. The summed E-state index contributed by atoms with van der Waals surface area (Å²) in [6.45, 7) is 0.893. The van der Waals surface area contributed by atoms with Gasteiger partial charge in [0, 0.05) is 54.9 Å². The monoisotopic (exact) mass is 409 g/mol. The van der Waals surface area contributed by atoms with Crippen LogP contribution in [0.2, 0.25) is 0 Å². The third kappa shape index (κ3) is 3.40. The molecule has 4 rings (SSSR count). The van der Waals surface area contributed by atoms with E-state index in [-0.39, 0.29) is 4.90 Å². The number of terminal acetylenes is 1. The second kappa shape index (κ2) is 6.92. The van der Waals surface area contributed by atoms with Gasteiger partial charge in [-0.25, -0.2) is 12.7 Å². The van der Waals surface area contributed by atoms with Gasteiger partial charge in [0.15, 0.2) is 0 Å². The van der Waals surface area contributed by atoms with E-state index in [1.165, 1.54) is 18.4 Å². The Balaban J connectivity index is 1.88. The van der Waals surface area contributed by atoms with Crippen LogP contribution in [-0.4, -0.2) is 55.6 Å². The topological polar surface area (TPSA) is 76.6 Å². The van der Waals surface area contributed by atoms with Crippen LogP contribution in [0.3, 0.4) is 0 Å². The molecule has 0 radical (unpaired) electrons. The van der Waals surface area contributed by atoms with Crippen LogP contribution in [0.25, 0.3) is 22.2 Å². The number of hydrogen-bond acceptors (Lipinski definition) is 4. The fourth-order valence-electron chi connectivity index (χ4n) is 3.71. The Hall–Kier alpha value is -2.79. The predicted octanol–water partition coefficient (Wildman–Crippen LogP) is 2.66. The maximum absolute atomic E-state index is 12.7. The average Bonchev–Trinajstić information content (AvgIpc) is 3.31. The number of aromatic nitrogens is 1. The van der Waals surface area contributed by atoms with Gasteiger partial charge >= 0.3 is 0 Å². The van der Waals surface area contributed by atoms with Crippen LogP contribution in [0.5, 0.6) is 0 Å². The molecule has 1 unspecified atom stereocenters. The molecule has 2 N–H and O–H groups in total. The second-order valence-electron chi connectivity index (χ2n) is 7.58. The number of benzene rings is 2. The van der Waals surface area contributed by atoms with Crippen molar-refractivity contribution in [1.82, 2.24) is 9.29 Å². The fraction of sp³-hybridized carbons (Fsp3) is 0.273. The number of aromatic amines is 1. The highest BCUT2D eigenvalue weighted by molar-refractivity contribution is 7.89. The van der Waals surface area contributed by atoms with E-state index in [0.29, 0.717) is 19.5 Å². The van der Waals surface area contributed by atoms with Gasteiger partial charge < -0.3 is 15.0 Å². The molecule has 2 heterocycles. The summed E-state index contributed by atoms with van der Waals surface area (Å²) in [6.07, 6.45) is 5.97. The molecule has 0 aliphatic carbocycles. The van der Waals surface area contributed by atoms with Gasteiger partial charge in [0.1, 0.15) is 5.60 Å². The Kier molecular flexibility index (Phi) is 4.66. The Morgan fingerprint density at radius 3 is 2.62 bits per heavy atom. The lowest BCUT2D eigenvalue weighted by atomic mass is 10.1. The number of β-amino-alcohol motifs (C(OH)–C–C–N with tert-alkyl or cyclic N) is 1. The minimum Gasteiger partial charge on any atom is -0.376 e. The molecule has 1 aromatic heterocycles. The van der Waals surface area contributed by atoms with Gasteiger partial charge in [-0.05, 0) is 30.3 Å². The summed E-state index contributed by atoms with van der Waals surface area (Å²) in [7, 11) is -0.560. The van der Waals surface area contributed by atoms with E-state index in [4.69, 9.17) is 6.42 Å². The van der Waals surface area contributed by atoms with Crippen LogP contribution < -0.4 is 4.90 Å². The molecule has 7 heteroatoms. The number of H-pyrrole nitrogens is 1. The van der Waals surface area contributed by atoms with Crippen molar-refractivity contribution in [2.45, 2.75) is 16.9 Å². The highest BCUT2D eigenvalue weighted by Crippen LogP contribution is 2.37. The van der Waals surface area contributed by atoms with Crippen molar-refractivity contribution in [2.75, 3.05) is 32.1 Å². The van der Waals surface area contributed by atoms with Gasteiger partial charge in [-0.3, -0.25) is 0 Å². The standard InChI is InChI=1S/C22H23N3O3S/c1-4-22(26)11-12-25(15-22)21-10-9-17(29(27,28)24(2)3)14-18(21)20-13-16-7-5-6-8-19(16)23-20/h1,5-10,13-14,23,26H,11-12,15H2,2-3H3. The lowest BCUT2D eigenvalue weighted by Crippen LogP contribution is -2.31. The molecule has 1 fully saturated rings. The van der Waals surface area contributed by atoms with Crippen LogP contribution in [0, 0.1) is 12.3 Å². The maximum atomic E-state index is 12.7. The first-order valence-corrected chi connectivity index (χ1v) is 10.8. The minimum atomic E-state index is -3.59. The zero-order chi connectivity index (χ0) is 20.8. The Morgan fingerprint density at radius 1 is 1.21 bits per heavy atom. The molecule has 29 heavy (non-hydrogen) atoms. The summed E-state index contributed by atoms with van der Waals surface area (Å²) in [5.41, 5.74) is 2.20. The van der Waals surface area contributed by atoms with Crippen molar-refractivity contribution in [2.24, 2.45) is 0 Å². The number of nitrogens with zero attached hydrogens (tertiary/aromatic N) is 2. The SMILES string of the molecule is C#CC1(O)CCN(c2ccc(S(=O)(=O)N(C)C)cc2-c2cc3ccccc3[nH]2)C1. The molecular weight excluding hydrogens is 386 g/mol. The van der Waals surface area contributed by atoms with E-state index < -0.39 is 15.6 Å². The van der Waals surface area contributed by atoms with Gasteiger partial charge in [0.2, 0.25) is 10.0 Å². The molecule has 1 saturated heterocycles. The Morgan fingerprint density at radius 2 is 1.97 bits per heavy atom. The number of sulfonamides is 1. The van der Waals surface area contributed by atoms with Crippen LogP contribution in [0.1, 0.15) is 6.42 Å². The normalized spacial score (nSPS) is 19.8. The van der Waals surface area contributed by atoms with Crippen molar-refractivity contribution in [3.8, 4) is 23.6 Å². The second-order valence-corrected chi connectivity index (χ2v) is 9.74. The third-order valence-corrected chi connectivity index (χ3v) is 7.23. The molecule has 0 amide bonds. The van der Waals surface area contributed by atoms with E-state index in [1.807, 2.05) is 35.2 Å². The van der Waals surface area contributed by atoms with Gasteiger partial charge in [-0.15, -0.1) is 6.42 Å². The number of nitrogens with one attached hydrogen (secondary N) is 1. The summed E-state index contributed by atoms with van der Waals surface area (Å²) in [5.74, 6) is 2.47. The molecule has 1 aliphatic heterocycles. The number of aliphatic hydroxyl groups is 1. The molecule has 2 aromatic carbocycles. The Bertz CT molecular complexity index is 1190. The number of para-hydroxylation sites is 1. The minimum absolute atomic E-state index is 0.214. The number of fused-ring (bicyclic) bond motifs is 1. The first-order valence-electron chi connectivity index (χ1n) is 9.33. The van der Waals surface area contributed by atoms with Crippen LogP contribution in [0.15, 0.2) is 53.4 Å². The van der Waals surface area contributed by atoms with Gasteiger partial charge in [0.05, 0.1) is 11.4 Å². The van der Waals surface area contributed by atoms with Crippen LogP contribution in [0.4, 0.5) is 5.69 Å². The zero-order valence-electron chi connectivity index (χ0n) is 16.4. The van der Waals surface area contributed by atoms with E-state index in [9.17, 15) is 13.5 Å². The molecule has 1 atom stereocenters. The maximum Gasteiger partial charge on any atom is 0.242 e. The van der Waals surface area contributed by atoms with Crippen molar-refractivity contribution in [3.63, 3.8) is 0 Å². The molecule has 3 aromatic rings. The van der Waals surface area contributed by atoms with Gasteiger partial charge in [-0.2, -0.15) is 0 Å². The molecule has 1 aliphatic rings. The molecule has 0 bridgehead atoms. The molecular formula is C22H23N3O3S. The van der Waals surface area contributed by atoms with Crippen LogP contribution in [-0.2, 0) is 10.0 Å². The number of anilines is 1. The smallest absolute Gasteiger partial charge is 0.242 e. The van der Waals surface area contributed by atoms with Gasteiger partial charge in [0.25, 0.3) is 0 Å². The number of rotatable bonds is 4. The van der Waals surface area contributed by atoms with E-state index in [2.05, 4.69) is 10.9 Å². The summed E-state index contributed by atoms with van der Waals surface area (Å²) < 4.78 is 26.6. The summed E-state index contributed by atoms with van der Waals surface area (Å²) >= 11 is 0. The highest BCUT2D eigenvalue weighted by Gasteiger charge is 2.35. The molecule has 0 saturated carbocycles. The van der Waals surface area contributed by atoms with Crippen molar-refractivity contribution < 1.29 is 13.5 Å². The van der Waals surface area contributed by atoms with Crippen LogP contribution >= 0.6 is 0 Å². The van der Waals surface area contributed by atoms with Crippen molar-refractivity contribution in [3.05, 3.63) is 48.5 Å². The molecule has 6 nitrogen and oxygen atoms in total. The highest BCUT2D eigenvalue weighted by atomic mass is 32.2. The van der Waals surface area contributed by atoms with E-state index >= 15 is 0 Å².